The minimum atomic E-state index is -0.958. The van der Waals surface area contributed by atoms with Crippen LogP contribution in [0.1, 0.15) is 22.8 Å². The minimum Gasteiger partial charge on any atom is -0.492 e. The summed E-state index contributed by atoms with van der Waals surface area (Å²) in [6.45, 7) is 2.77. The lowest BCUT2D eigenvalue weighted by Gasteiger charge is -2.17. The Morgan fingerprint density at radius 2 is 1.61 bits per heavy atom. The molecule has 0 radical (unpaired) electrons. The molecule has 5 heteroatoms. The van der Waals surface area contributed by atoms with Crippen molar-refractivity contribution in [3.05, 3.63) is 65.7 Å². The molecule has 0 saturated carbocycles. The average molecular weight is 313 g/mol. The van der Waals surface area contributed by atoms with Crippen molar-refractivity contribution in [1.29, 1.82) is 0 Å². The van der Waals surface area contributed by atoms with Gasteiger partial charge in [-0.1, -0.05) is 30.3 Å². The van der Waals surface area contributed by atoms with Crippen molar-refractivity contribution in [3.63, 3.8) is 0 Å². The summed E-state index contributed by atoms with van der Waals surface area (Å²) < 4.78 is 5.51. The van der Waals surface area contributed by atoms with Gasteiger partial charge >= 0.3 is 6.09 Å². The first-order chi connectivity index (χ1) is 11.1. The second-order valence-electron chi connectivity index (χ2n) is 4.93. The number of nitrogens with zero attached hydrogens (tertiary/aromatic N) is 1. The molecule has 0 heterocycles. The minimum absolute atomic E-state index is 0.0415. The van der Waals surface area contributed by atoms with Crippen LogP contribution < -0.4 is 4.74 Å². The summed E-state index contributed by atoms with van der Waals surface area (Å²) in [5.74, 6) is 0.566. The highest BCUT2D eigenvalue weighted by atomic mass is 16.5. The number of likely N-dealkylation sites (N-methyl/N-ethyl adjacent to an activating group) is 1. The van der Waals surface area contributed by atoms with Gasteiger partial charge in [0.15, 0.2) is 5.78 Å². The molecule has 0 spiro atoms. The number of rotatable bonds is 7. The first-order valence-corrected chi connectivity index (χ1v) is 7.42. The molecule has 2 aromatic rings. The van der Waals surface area contributed by atoms with Crippen molar-refractivity contribution in [2.45, 2.75) is 6.92 Å². The first kappa shape index (κ1) is 16.5. The molecule has 1 amide bonds. The summed E-state index contributed by atoms with van der Waals surface area (Å²) in [4.78, 5) is 24.4. The summed E-state index contributed by atoms with van der Waals surface area (Å²) in [5.41, 5.74) is 1.23. The van der Waals surface area contributed by atoms with Crippen molar-refractivity contribution >= 4 is 11.9 Å². The van der Waals surface area contributed by atoms with E-state index in [4.69, 9.17) is 9.84 Å². The highest BCUT2D eigenvalue weighted by molar-refractivity contribution is 6.08. The summed E-state index contributed by atoms with van der Waals surface area (Å²) in [7, 11) is 0. The average Bonchev–Trinajstić information content (AvgIpc) is 2.59. The van der Waals surface area contributed by atoms with Crippen LogP contribution in [-0.4, -0.2) is 41.6 Å². The lowest BCUT2D eigenvalue weighted by atomic mass is 10.0. The Kier molecular flexibility index (Phi) is 5.74. The predicted octanol–water partition coefficient (Wildman–Crippen LogP) is 3.30. The third-order valence-corrected chi connectivity index (χ3v) is 3.43. The molecule has 0 bridgehead atoms. The Hall–Kier alpha value is -2.82. The maximum Gasteiger partial charge on any atom is 0.407 e. The molecule has 0 unspecified atom stereocenters. The number of hydrogen-bond donors (Lipinski definition) is 1. The van der Waals surface area contributed by atoms with Gasteiger partial charge in [0, 0.05) is 17.7 Å². The zero-order valence-electron chi connectivity index (χ0n) is 12.9. The normalized spacial score (nSPS) is 10.1. The Balaban J connectivity index is 1.92. The fourth-order valence-corrected chi connectivity index (χ4v) is 2.12. The Morgan fingerprint density at radius 3 is 2.17 bits per heavy atom. The number of carbonyl (C=O) groups excluding carboxylic acids is 1. The van der Waals surface area contributed by atoms with E-state index in [0.717, 1.165) is 0 Å². The number of ether oxygens (including phenoxy) is 1. The van der Waals surface area contributed by atoms with E-state index in [9.17, 15) is 9.59 Å². The van der Waals surface area contributed by atoms with Gasteiger partial charge in [-0.05, 0) is 31.2 Å². The molecule has 0 aromatic heterocycles. The van der Waals surface area contributed by atoms with E-state index in [-0.39, 0.29) is 12.4 Å². The first-order valence-electron chi connectivity index (χ1n) is 7.42. The molecule has 0 saturated heterocycles. The van der Waals surface area contributed by atoms with Gasteiger partial charge in [-0.25, -0.2) is 4.79 Å². The van der Waals surface area contributed by atoms with Gasteiger partial charge in [0.1, 0.15) is 12.4 Å². The number of benzene rings is 2. The molecule has 120 valence electrons. The molecule has 5 nitrogen and oxygen atoms in total. The molecule has 0 aliphatic carbocycles. The van der Waals surface area contributed by atoms with Crippen molar-refractivity contribution in [2.24, 2.45) is 0 Å². The fourth-order valence-electron chi connectivity index (χ4n) is 2.12. The maximum absolute atomic E-state index is 12.3. The lowest BCUT2D eigenvalue weighted by Crippen LogP contribution is -2.33. The van der Waals surface area contributed by atoms with Gasteiger partial charge in [0.05, 0.1) is 6.54 Å². The second kappa shape index (κ2) is 7.98. The van der Waals surface area contributed by atoms with Gasteiger partial charge in [0.25, 0.3) is 0 Å². The van der Waals surface area contributed by atoms with Crippen molar-refractivity contribution < 1.29 is 19.4 Å². The summed E-state index contributed by atoms with van der Waals surface area (Å²) in [5, 5.41) is 8.91. The van der Waals surface area contributed by atoms with Crippen molar-refractivity contribution in [2.75, 3.05) is 19.7 Å². The van der Waals surface area contributed by atoms with Gasteiger partial charge < -0.3 is 14.7 Å². The smallest absolute Gasteiger partial charge is 0.407 e. The van der Waals surface area contributed by atoms with Crippen LogP contribution in [0.3, 0.4) is 0 Å². The van der Waals surface area contributed by atoms with Crippen LogP contribution in [0.25, 0.3) is 0 Å². The summed E-state index contributed by atoms with van der Waals surface area (Å²) >= 11 is 0. The van der Waals surface area contributed by atoms with Crippen LogP contribution in [0.15, 0.2) is 54.6 Å². The Bertz CT molecular complexity index is 652. The summed E-state index contributed by atoms with van der Waals surface area (Å²) in [6, 6.07) is 15.9. The standard InChI is InChI=1S/C18H19NO4/c1-2-19(18(21)22)12-13-23-16-10-8-15(9-11-16)17(20)14-6-4-3-5-7-14/h3-11H,2,12-13H2,1H3,(H,21,22). The van der Waals surface area contributed by atoms with Crippen LogP contribution in [0.2, 0.25) is 0 Å². The zero-order valence-corrected chi connectivity index (χ0v) is 12.9. The molecule has 23 heavy (non-hydrogen) atoms. The lowest BCUT2D eigenvalue weighted by molar-refractivity contribution is 0.103. The second-order valence-corrected chi connectivity index (χ2v) is 4.93. The third kappa shape index (κ3) is 4.57. The molecule has 1 N–H and O–H groups in total. The number of ketones is 1. The number of carboxylic acid groups (broad SMARTS) is 1. The molecule has 0 aliphatic heterocycles. The van der Waals surface area contributed by atoms with Crippen LogP contribution in [0.4, 0.5) is 4.79 Å². The summed E-state index contributed by atoms with van der Waals surface area (Å²) in [6.07, 6.45) is -0.958. The fraction of sp³-hybridized carbons (Fsp3) is 0.222. The molecule has 0 aliphatic rings. The van der Waals surface area contributed by atoms with Crippen molar-refractivity contribution in [1.82, 2.24) is 4.90 Å². The number of carbonyl (C=O) groups is 2. The quantitative estimate of drug-likeness (QED) is 0.796. The van der Waals surface area contributed by atoms with E-state index in [1.54, 1.807) is 43.3 Å². The van der Waals surface area contributed by atoms with E-state index in [1.165, 1.54) is 4.90 Å². The van der Waals surface area contributed by atoms with Crippen molar-refractivity contribution in [3.8, 4) is 5.75 Å². The van der Waals surface area contributed by atoms with Gasteiger partial charge in [-0.3, -0.25) is 4.79 Å². The topological polar surface area (TPSA) is 66.8 Å². The molecular weight excluding hydrogens is 294 g/mol. The SMILES string of the molecule is CCN(CCOc1ccc(C(=O)c2ccccc2)cc1)C(=O)O. The Morgan fingerprint density at radius 1 is 1.00 bits per heavy atom. The number of hydrogen-bond acceptors (Lipinski definition) is 3. The monoisotopic (exact) mass is 313 g/mol. The molecule has 0 fully saturated rings. The van der Waals surface area contributed by atoms with Crippen LogP contribution in [-0.2, 0) is 0 Å². The molecule has 2 rings (SSSR count). The van der Waals surface area contributed by atoms with E-state index < -0.39 is 6.09 Å². The van der Waals surface area contributed by atoms with E-state index in [1.807, 2.05) is 18.2 Å². The van der Waals surface area contributed by atoms with Crippen LogP contribution in [0.5, 0.6) is 5.75 Å². The van der Waals surface area contributed by atoms with Gasteiger partial charge in [-0.2, -0.15) is 0 Å². The number of amides is 1. The van der Waals surface area contributed by atoms with Crippen LogP contribution in [0, 0.1) is 0 Å². The molecule has 2 aromatic carbocycles. The molecule has 0 atom stereocenters. The highest BCUT2D eigenvalue weighted by Gasteiger charge is 2.10. The third-order valence-electron chi connectivity index (χ3n) is 3.43. The van der Waals surface area contributed by atoms with E-state index in [0.29, 0.717) is 30.0 Å². The van der Waals surface area contributed by atoms with Crippen LogP contribution >= 0.6 is 0 Å². The zero-order chi connectivity index (χ0) is 16.7. The largest absolute Gasteiger partial charge is 0.492 e. The Labute approximate surface area is 135 Å². The predicted molar refractivity (Wildman–Crippen MR) is 87.1 cm³/mol. The molecular formula is C18H19NO4. The van der Waals surface area contributed by atoms with Gasteiger partial charge in [0.2, 0.25) is 0 Å². The maximum atomic E-state index is 12.3. The van der Waals surface area contributed by atoms with E-state index in [2.05, 4.69) is 0 Å². The van der Waals surface area contributed by atoms with Gasteiger partial charge in [-0.15, -0.1) is 0 Å². The highest BCUT2D eigenvalue weighted by Crippen LogP contribution is 2.15. The van der Waals surface area contributed by atoms with E-state index >= 15 is 0 Å².